The summed E-state index contributed by atoms with van der Waals surface area (Å²) in [7, 11) is 0. The number of benzene rings is 1. The Balaban J connectivity index is 1.58. The highest BCUT2D eigenvalue weighted by molar-refractivity contribution is 6.35. The highest BCUT2D eigenvalue weighted by Crippen LogP contribution is 2.65. The number of rotatable bonds is 4. The van der Waals surface area contributed by atoms with E-state index in [-0.39, 0.29) is 22.8 Å². The van der Waals surface area contributed by atoms with Crippen molar-refractivity contribution in [3.63, 3.8) is 0 Å². The molecule has 2 aliphatic rings. The molecule has 0 unspecified atom stereocenters. The number of nitrogens with one attached hydrogen (secondary N) is 1. The molecule has 2 bridgehead atoms. The van der Waals surface area contributed by atoms with Crippen molar-refractivity contribution >= 4 is 29.1 Å². The second-order valence-corrected chi connectivity index (χ2v) is 10.4. The van der Waals surface area contributed by atoms with Crippen LogP contribution in [0.15, 0.2) is 18.2 Å². The third-order valence-corrected chi connectivity index (χ3v) is 8.79. The number of hydrogen-bond acceptors (Lipinski definition) is 2. The Morgan fingerprint density at radius 1 is 1.24 bits per heavy atom. The zero-order valence-corrected chi connectivity index (χ0v) is 19.3. The first-order valence-corrected chi connectivity index (χ1v) is 11.1. The van der Waals surface area contributed by atoms with Crippen molar-refractivity contribution in [1.29, 1.82) is 0 Å². The molecule has 156 valence electrons. The molecule has 2 saturated carbocycles. The summed E-state index contributed by atoms with van der Waals surface area (Å²) in [4.78, 5) is 13.3. The predicted octanol–water partition coefficient (Wildman–Crippen LogP) is 5.80. The molecule has 1 aromatic heterocycles. The van der Waals surface area contributed by atoms with E-state index in [0.29, 0.717) is 28.1 Å². The van der Waals surface area contributed by atoms with E-state index in [1.54, 1.807) is 0 Å². The molecule has 1 N–H and O–H groups in total. The van der Waals surface area contributed by atoms with Crippen LogP contribution in [0, 0.1) is 30.6 Å². The first-order chi connectivity index (χ1) is 13.6. The monoisotopic (exact) mass is 433 g/mol. The number of amides is 1. The summed E-state index contributed by atoms with van der Waals surface area (Å²) in [5.41, 5.74) is 3.46. The van der Waals surface area contributed by atoms with Crippen LogP contribution in [0.4, 0.5) is 0 Å². The predicted molar refractivity (Wildman–Crippen MR) is 118 cm³/mol. The van der Waals surface area contributed by atoms with Crippen molar-refractivity contribution in [2.75, 3.05) is 0 Å². The second kappa shape index (κ2) is 7.02. The lowest BCUT2D eigenvalue weighted by Crippen LogP contribution is -2.47. The minimum absolute atomic E-state index is 0.0221. The van der Waals surface area contributed by atoms with Gasteiger partial charge in [-0.1, -0.05) is 50.0 Å². The molecule has 3 atom stereocenters. The van der Waals surface area contributed by atoms with E-state index in [9.17, 15) is 4.79 Å². The van der Waals surface area contributed by atoms with Crippen LogP contribution in [0.5, 0.6) is 0 Å². The lowest BCUT2D eigenvalue weighted by molar-refractivity contribution is 0.0825. The molecule has 0 radical (unpaired) electrons. The molecule has 4 nitrogen and oxygen atoms in total. The van der Waals surface area contributed by atoms with Crippen LogP contribution in [0.3, 0.4) is 0 Å². The fourth-order valence-electron chi connectivity index (χ4n) is 5.67. The Kier molecular flexibility index (Phi) is 5.02. The molecule has 2 aromatic rings. The van der Waals surface area contributed by atoms with Gasteiger partial charge < -0.3 is 5.32 Å². The van der Waals surface area contributed by atoms with Gasteiger partial charge in [-0.25, -0.2) is 0 Å². The fraction of sp³-hybridized carbons (Fsp3) is 0.565. The van der Waals surface area contributed by atoms with Gasteiger partial charge in [0.2, 0.25) is 0 Å². The van der Waals surface area contributed by atoms with E-state index < -0.39 is 0 Å². The molecule has 2 aliphatic carbocycles. The number of carbonyl (C=O) groups excluding carboxylic acids is 1. The number of halogens is 2. The Hall–Kier alpha value is -1.52. The van der Waals surface area contributed by atoms with E-state index in [4.69, 9.17) is 23.2 Å². The van der Waals surface area contributed by atoms with Gasteiger partial charge in [-0.3, -0.25) is 9.48 Å². The van der Waals surface area contributed by atoms with Crippen molar-refractivity contribution < 1.29 is 4.79 Å². The fourth-order valence-corrected chi connectivity index (χ4v) is 6.18. The molecule has 0 saturated heterocycles. The van der Waals surface area contributed by atoms with Crippen molar-refractivity contribution in [3.8, 4) is 0 Å². The summed E-state index contributed by atoms with van der Waals surface area (Å²) in [6, 6.07) is 5.68. The number of carbonyl (C=O) groups is 1. The normalized spacial score (nSPS) is 27.4. The molecular formula is C23H29Cl2N3O. The van der Waals surface area contributed by atoms with Crippen molar-refractivity contribution in [2.24, 2.45) is 16.7 Å². The summed E-state index contributed by atoms with van der Waals surface area (Å²) < 4.78 is 1.82. The number of aryl methyl sites for hydroxylation is 1. The summed E-state index contributed by atoms with van der Waals surface area (Å²) in [6.07, 6.45) is 3.51. The van der Waals surface area contributed by atoms with Gasteiger partial charge in [0, 0.05) is 27.3 Å². The van der Waals surface area contributed by atoms with Crippen LogP contribution < -0.4 is 5.32 Å². The van der Waals surface area contributed by atoms with Gasteiger partial charge in [0.05, 0.1) is 17.8 Å². The molecule has 1 heterocycles. The SMILES string of the molecule is Cc1nn(Cc2c(Cl)cccc2Cl)c(C)c1C(=O)N[C@@H]1C[C@H]2CC[C@]1(C)C2(C)C. The maximum atomic E-state index is 13.3. The smallest absolute Gasteiger partial charge is 0.255 e. The summed E-state index contributed by atoms with van der Waals surface area (Å²) in [5.74, 6) is 0.663. The van der Waals surface area contributed by atoms with E-state index in [1.807, 2.05) is 36.7 Å². The van der Waals surface area contributed by atoms with E-state index in [1.165, 1.54) is 12.8 Å². The molecule has 1 amide bonds. The van der Waals surface area contributed by atoms with Crippen molar-refractivity contribution in [3.05, 3.63) is 50.8 Å². The Morgan fingerprint density at radius 3 is 2.45 bits per heavy atom. The van der Waals surface area contributed by atoms with E-state index >= 15 is 0 Å². The Morgan fingerprint density at radius 2 is 1.90 bits per heavy atom. The molecule has 2 fully saturated rings. The first-order valence-electron chi connectivity index (χ1n) is 10.3. The van der Waals surface area contributed by atoms with Gasteiger partial charge in [0.1, 0.15) is 0 Å². The zero-order chi connectivity index (χ0) is 21.1. The topological polar surface area (TPSA) is 46.9 Å². The third-order valence-electron chi connectivity index (χ3n) is 8.08. The molecule has 4 rings (SSSR count). The minimum atomic E-state index is -0.0221. The molecule has 0 aliphatic heterocycles. The maximum absolute atomic E-state index is 13.3. The largest absolute Gasteiger partial charge is 0.349 e. The van der Waals surface area contributed by atoms with Crippen molar-refractivity contribution in [1.82, 2.24) is 15.1 Å². The van der Waals surface area contributed by atoms with Gasteiger partial charge in [0.25, 0.3) is 5.91 Å². The van der Waals surface area contributed by atoms with Crippen LogP contribution in [0.25, 0.3) is 0 Å². The summed E-state index contributed by atoms with van der Waals surface area (Å²) >= 11 is 12.7. The summed E-state index contributed by atoms with van der Waals surface area (Å²) in [5, 5.41) is 9.19. The second-order valence-electron chi connectivity index (χ2n) is 9.54. The van der Waals surface area contributed by atoms with Crippen LogP contribution in [0.1, 0.15) is 67.3 Å². The minimum Gasteiger partial charge on any atom is -0.349 e. The van der Waals surface area contributed by atoms with Crippen LogP contribution in [0.2, 0.25) is 10.0 Å². The molecule has 6 heteroatoms. The number of fused-ring (bicyclic) bond motifs is 2. The highest BCUT2D eigenvalue weighted by Gasteiger charge is 2.61. The first kappa shape index (κ1) is 20.7. The Bertz CT molecular complexity index is 960. The van der Waals surface area contributed by atoms with Gasteiger partial charge in [-0.2, -0.15) is 5.10 Å². The van der Waals surface area contributed by atoms with Gasteiger partial charge in [-0.15, -0.1) is 0 Å². The highest BCUT2D eigenvalue weighted by atomic mass is 35.5. The zero-order valence-electron chi connectivity index (χ0n) is 17.8. The molecule has 29 heavy (non-hydrogen) atoms. The molecular weight excluding hydrogens is 405 g/mol. The van der Waals surface area contributed by atoms with Gasteiger partial charge in [-0.05, 0) is 62.0 Å². The lowest BCUT2D eigenvalue weighted by atomic mass is 9.69. The van der Waals surface area contributed by atoms with Crippen LogP contribution in [-0.2, 0) is 6.54 Å². The van der Waals surface area contributed by atoms with Gasteiger partial charge in [0.15, 0.2) is 0 Å². The lowest BCUT2D eigenvalue weighted by Gasteiger charge is -2.39. The standard InChI is InChI=1S/C23H29Cl2N3O/c1-13-20(14(2)28(27-13)12-16-17(24)7-6-8-18(16)25)21(29)26-19-11-15-9-10-23(19,5)22(15,3)4/h6-8,15,19H,9-12H2,1-5H3,(H,26,29)/t15-,19-,23+/m1/s1. The van der Waals surface area contributed by atoms with Crippen LogP contribution >= 0.6 is 23.2 Å². The quantitative estimate of drug-likeness (QED) is 0.661. The maximum Gasteiger partial charge on any atom is 0.255 e. The van der Waals surface area contributed by atoms with Gasteiger partial charge >= 0.3 is 0 Å². The average molecular weight is 434 g/mol. The molecule has 1 aromatic carbocycles. The third kappa shape index (κ3) is 3.11. The number of nitrogens with zero attached hydrogens (tertiary/aromatic N) is 2. The van der Waals surface area contributed by atoms with E-state index in [0.717, 1.165) is 23.4 Å². The van der Waals surface area contributed by atoms with E-state index in [2.05, 4.69) is 31.2 Å². The number of aromatic nitrogens is 2. The van der Waals surface area contributed by atoms with Crippen LogP contribution in [-0.4, -0.2) is 21.7 Å². The molecule has 0 spiro atoms. The average Bonchev–Trinajstić information content (AvgIpc) is 3.11. The van der Waals surface area contributed by atoms with Crippen molar-refractivity contribution in [2.45, 2.75) is 66.5 Å². The summed E-state index contributed by atoms with van der Waals surface area (Å²) in [6.45, 7) is 11.3. The Labute approximate surface area is 183 Å². The number of hydrogen-bond donors (Lipinski definition) is 1.